The van der Waals surface area contributed by atoms with E-state index in [9.17, 15) is 22.8 Å². The van der Waals surface area contributed by atoms with Crippen molar-refractivity contribution in [2.75, 3.05) is 17.3 Å². The van der Waals surface area contributed by atoms with Gasteiger partial charge in [-0.15, -0.1) is 0 Å². The minimum Gasteiger partial charge on any atom is -0.340 e. The Hall–Kier alpha value is -2.00. The van der Waals surface area contributed by atoms with Crippen molar-refractivity contribution in [3.05, 3.63) is 63.9 Å². The molecule has 1 unspecified atom stereocenters. The number of hydrogen-bond acceptors (Lipinski definition) is 3. The zero-order valence-corrected chi connectivity index (χ0v) is 16.6. The number of benzene rings is 2. The topological polar surface area (TPSA) is 58.2 Å². The van der Waals surface area contributed by atoms with Crippen LogP contribution in [0.2, 0.25) is 0 Å². The first-order valence-corrected chi connectivity index (χ1v) is 10.0. The number of hydrogen-bond donors (Lipinski definition) is 2. The second-order valence-corrected chi connectivity index (χ2v) is 7.36. The lowest BCUT2D eigenvalue weighted by molar-refractivity contribution is -0.118. The molecule has 0 aromatic heterocycles. The van der Waals surface area contributed by atoms with Crippen molar-refractivity contribution in [1.82, 2.24) is 5.32 Å². The Balaban J connectivity index is 2.17. The van der Waals surface area contributed by atoms with Gasteiger partial charge in [0.2, 0.25) is 5.91 Å². The van der Waals surface area contributed by atoms with Gasteiger partial charge in [0.25, 0.3) is 5.91 Å². The summed E-state index contributed by atoms with van der Waals surface area (Å²) in [6, 6.07) is 6.61. The first-order valence-electron chi connectivity index (χ1n) is 7.83. The van der Waals surface area contributed by atoms with E-state index in [1.54, 1.807) is 24.3 Å². The molecule has 2 aromatic rings. The summed E-state index contributed by atoms with van der Waals surface area (Å²) in [5.74, 6) is -4.42. The molecule has 4 nitrogen and oxygen atoms in total. The number of amides is 2. The normalized spacial score (nSPS) is 11.7. The fourth-order valence-electron chi connectivity index (χ4n) is 2.22. The predicted octanol–water partition coefficient (Wildman–Crippen LogP) is 4.36. The van der Waals surface area contributed by atoms with Gasteiger partial charge in [0, 0.05) is 16.6 Å². The molecule has 2 rings (SSSR count). The summed E-state index contributed by atoms with van der Waals surface area (Å²) in [7, 11) is 0. The first-order chi connectivity index (χ1) is 12.8. The number of halogens is 4. The Bertz CT molecular complexity index is 851. The molecule has 0 fully saturated rings. The van der Waals surface area contributed by atoms with E-state index in [0.717, 1.165) is 0 Å². The van der Waals surface area contributed by atoms with E-state index >= 15 is 0 Å². The van der Waals surface area contributed by atoms with Gasteiger partial charge in [0.15, 0.2) is 11.6 Å². The monoisotopic (exact) mass is 460 g/mol. The van der Waals surface area contributed by atoms with Crippen LogP contribution in [0.1, 0.15) is 16.8 Å². The smallest absolute Gasteiger partial charge is 0.253 e. The third-order valence-electron chi connectivity index (χ3n) is 3.62. The minimum absolute atomic E-state index is 0.272. The molecule has 0 aliphatic heterocycles. The van der Waals surface area contributed by atoms with Gasteiger partial charge in [-0.3, -0.25) is 9.59 Å². The second-order valence-electron chi connectivity index (χ2n) is 5.52. The number of thioether (sulfide) groups is 1. The lowest BCUT2D eigenvalue weighted by atomic mass is 10.1. The fourth-order valence-corrected chi connectivity index (χ4v) is 3.16. The Kier molecular flexibility index (Phi) is 7.73. The van der Waals surface area contributed by atoms with Crippen LogP contribution in [0, 0.1) is 17.5 Å². The minimum atomic E-state index is -1.35. The molecule has 0 saturated heterocycles. The van der Waals surface area contributed by atoms with Gasteiger partial charge in [-0.25, -0.2) is 13.2 Å². The van der Waals surface area contributed by atoms with E-state index < -0.39 is 41.0 Å². The summed E-state index contributed by atoms with van der Waals surface area (Å²) in [5.41, 5.74) is -0.165. The predicted molar refractivity (Wildman–Crippen MR) is 103 cm³/mol. The molecule has 0 heterocycles. The molecule has 9 heteroatoms. The summed E-state index contributed by atoms with van der Waals surface area (Å²) < 4.78 is 40.7. The van der Waals surface area contributed by atoms with E-state index in [-0.39, 0.29) is 6.42 Å². The third-order valence-corrected chi connectivity index (χ3v) is 4.95. The molecule has 0 aliphatic rings. The van der Waals surface area contributed by atoms with Gasteiger partial charge in [-0.05, 0) is 46.5 Å². The van der Waals surface area contributed by atoms with Gasteiger partial charge < -0.3 is 10.6 Å². The van der Waals surface area contributed by atoms with Crippen molar-refractivity contribution in [2.45, 2.75) is 12.5 Å². The Morgan fingerprint density at radius 1 is 1.11 bits per heavy atom. The highest BCUT2D eigenvalue weighted by molar-refractivity contribution is 9.10. The van der Waals surface area contributed by atoms with E-state index in [1.165, 1.54) is 11.8 Å². The summed E-state index contributed by atoms with van der Waals surface area (Å²) in [6.45, 7) is 0. The van der Waals surface area contributed by atoms with Gasteiger partial charge in [-0.1, -0.05) is 12.1 Å². The van der Waals surface area contributed by atoms with Crippen LogP contribution in [0.5, 0.6) is 0 Å². The summed E-state index contributed by atoms with van der Waals surface area (Å²) in [6.07, 6.45) is 2.11. The summed E-state index contributed by atoms with van der Waals surface area (Å²) in [4.78, 5) is 24.9. The fraction of sp³-hybridized carbons (Fsp3) is 0.222. The summed E-state index contributed by atoms with van der Waals surface area (Å²) >= 11 is 4.73. The highest BCUT2D eigenvalue weighted by atomic mass is 79.9. The van der Waals surface area contributed by atoms with Crippen molar-refractivity contribution in [3.63, 3.8) is 0 Å². The van der Waals surface area contributed by atoms with Crippen molar-refractivity contribution in [3.8, 4) is 0 Å². The SMILES string of the molecule is CSCCC(NC(=O)c1ccccc1Br)C(=O)Nc1cc(F)c(F)cc1F. The molecular formula is C18H16BrF3N2O2S. The van der Waals surface area contributed by atoms with Crippen LogP contribution in [-0.4, -0.2) is 29.9 Å². The lowest BCUT2D eigenvalue weighted by Crippen LogP contribution is -2.44. The Labute approximate surface area is 167 Å². The van der Waals surface area contributed by atoms with Gasteiger partial charge in [-0.2, -0.15) is 11.8 Å². The number of nitrogens with one attached hydrogen (secondary N) is 2. The first kappa shape index (κ1) is 21.3. The lowest BCUT2D eigenvalue weighted by Gasteiger charge is -2.19. The standard InChI is InChI=1S/C18H16BrF3N2O2S/c1-27-7-6-15(23-17(25)10-4-2-3-5-11(10)19)18(26)24-16-9-13(21)12(20)8-14(16)22/h2-5,8-9,15H,6-7H2,1H3,(H,23,25)(H,24,26). The van der Waals surface area contributed by atoms with E-state index in [1.807, 2.05) is 6.26 Å². The zero-order chi connectivity index (χ0) is 20.0. The number of carbonyl (C=O) groups is 2. The molecule has 2 aromatic carbocycles. The molecule has 0 saturated carbocycles. The highest BCUT2D eigenvalue weighted by Crippen LogP contribution is 2.20. The number of rotatable bonds is 7. The average Bonchev–Trinajstić information content (AvgIpc) is 2.63. The average molecular weight is 461 g/mol. The molecule has 1 atom stereocenters. The largest absolute Gasteiger partial charge is 0.340 e. The van der Waals surface area contributed by atoms with E-state index in [4.69, 9.17) is 0 Å². The second kappa shape index (κ2) is 9.80. The maximum Gasteiger partial charge on any atom is 0.253 e. The molecule has 27 heavy (non-hydrogen) atoms. The maximum atomic E-state index is 13.8. The number of anilines is 1. The zero-order valence-electron chi connectivity index (χ0n) is 14.2. The molecule has 0 radical (unpaired) electrons. The van der Waals surface area contributed by atoms with Crippen LogP contribution in [0.4, 0.5) is 18.9 Å². The van der Waals surface area contributed by atoms with E-state index in [0.29, 0.717) is 27.9 Å². The van der Waals surface area contributed by atoms with Crippen LogP contribution < -0.4 is 10.6 Å². The molecule has 2 N–H and O–H groups in total. The van der Waals surface area contributed by atoms with Crippen LogP contribution in [-0.2, 0) is 4.79 Å². The van der Waals surface area contributed by atoms with Crippen molar-refractivity contribution in [2.24, 2.45) is 0 Å². The van der Waals surface area contributed by atoms with Crippen LogP contribution in [0.3, 0.4) is 0 Å². The van der Waals surface area contributed by atoms with Crippen molar-refractivity contribution >= 4 is 45.2 Å². The molecule has 0 aliphatic carbocycles. The highest BCUT2D eigenvalue weighted by Gasteiger charge is 2.23. The quantitative estimate of drug-likeness (QED) is 0.603. The molecule has 0 bridgehead atoms. The van der Waals surface area contributed by atoms with Crippen LogP contribution >= 0.6 is 27.7 Å². The van der Waals surface area contributed by atoms with Crippen molar-refractivity contribution < 1.29 is 22.8 Å². The molecule has 0 spiro atoms. The van der Waals surface area contributed by atoms with Gasteiger partial charge >= 0.3 is 0 Å². The van der Waals surface area contributed by atoms with Gasteiger partial charge in [0.1, 0.15) is 11.9 Å². The maximum absolute atomic E-state index is 13.8. The molecule has 144 valence electrons. The van der Waals surface area contributed by atoms with E-state index in [2.05, 4.69) is 26.6 Å². The molecule has 2 amide bonds. The third kappa shape index (κ3) is 5.74. The van der Waals surface area contributed by atoms with Crippen LogP contribution in [0.15, 0.2) is 40.9 Å². The molecular weight excluding hydrogens is 445 g/mol. The Morgan fingerprint density at radius 2 is 1.78 bits per heavy atom. The Morgan fingerprint density at radius 3 is 2.44 bits per heavy atom. The summed E-state index contributed by atoms with van der Waals surface area (Å²) in [5, 5.41) is 4.79. The van der Waals surface area contributed by atoms with Crippen LogP contribution in [0.25, 0.3) is 0 Å². The number of carbonyl (C=O) groups excluding carboxylic acids is 2. The van der Waals surface area contributed by atoms with Crippen molar-refractivity contribution in [1.29, 1.82) is 0 Å². The van der Waals surface area contributed by atoms with Gasteiger partial charge in [0.05, 0.1) is 11.3 Å².